The average Bonchev–Trinajstić information content (AvgIpc) is 3.00. The van der Waals surface area contributed by atoms with Gasteiger partial charge in [0, 0.05) is 12.8 Å². The van der Waals surface area contributed by atoms with Gasteiger partial charge in [0.05, 0.1) is 10.9 Å². The van der Waals surface area contributed by atoms with Crippen molar-refractivity contribution in [2.75, 3.05) is 0 Å². The Balaban J connectivity index is 1.80. The number of thiophene rings is 1. The van der Waals surface area contributed by atoms with Crippen LogP contribution in [0.5, 0.6) is 0 Å². The van der Waals surface area contributed by atoms with Crippen molar-refractivity contribution in [1.29, 1.82) is 0 Å². The third-order valence-corrected chi connectivity index (χ3v) is 3.96. The van der Waals surface area contributed by atoms with Gasteiger partial charge in [-0.1, -0.05) is 36.4 Å². The highest BCUT2D eigenvalue weighted by atomic mass is 32.1. The van der Waals surface area contributed by atoms with Crippen LogP contribution in [0, 0.1) is 0 Å². The minimum absolute atomic E-state index is 0.0301. The molecule has 0 aliphatic carbocycles. The van der Waals surface area contributed by atoms with Gasteiger partial charge in [-0.15, -0.1) is 11.3 Å². The summed E-state index contributed by atoms with van der Waals surface area (Å²) < 4.78 is 0. The number of Topliss-reactive ketones (excluding diaryl/α,β-unsaturated/α-hetero) is 1. The van der Waals surface area contributed by atoms with Gasteiger partial charge in [-0.05, 0) is 23.9 Å². The van der Waals surface area contributed by atoms with E-state index in [0.29, 0.717) is 4.88 Å². The first-order valence-electron chi connectivity index (χ1n) is 6.58. The molecule has 0 spiro atoms. The maximum absolute atomic E-state index is 11.8. The van der Waals surface area contributed by atoms with E-state index in [4.69, 9.17) is 0 Å². The van der Waals surface area contributed by atoms with Gasteiger partial charge >= 0.3 is 0 Å². The Kier molecular flexibility index (Phi) is 5.07. The second-order valence-electron chi connectivity index (χ2n) is 4.60. The van der Waals surface area contributed by atoms with E-state index in [9.17, 15) is 9.59 Å². The van der Waals surface area contributed by atoms with Crippen molar-refractivity contribution in [3.05, 3.63) is 58.3 Å². The zero-order chi connectivity index (χ0) is 14.4. The van der Waals surface area contributed by atoms with Crippen LogP contribution in [-0.4, -0.2) is 11.7 Å². The molecule has 0 fully saturated rings. The van der Waals surface area contributed by atoms with E-state index in [1.54, 1.807) is 6.07 Å². The van der Waals surface area contributed by atoms with Crippen LogP contribution in [0.4, 0.5) is 0 Å². The van der Waals surface area contributed by atoms with Gasteiger partial charge in [0.15, 0.2) is 5.78 Å². The molecule has 0 aliphatic rings. The van der Waals surface area contributed by atoms with Gasteiger partial charge in [0.25, 0.3) is 0 Å². The van der Waals surface area contributed by atoms with Crippen LogP contribution in [0.2, 0.25) is 0 Å². The molecule has 2 aromatic rings. The lowest BCUT2D eigenvalue weighted by molar-refractivity contribution is -0.121. The van der Waals surface area contributed by atoms with Crippen molar-refractivity contribution in [2.24, 2.45) is 0 Å². The van der Waals surface area contributed by atoms with Crippen LogP contribution >= 0.6 is 11.3 Å². The molecule has 1 amide bonds. The number of hydrogen-bond donors (Lipinski definition) is 1. The minimum atomic E-state index is -0.0914. The van der Waals surface area contributed by atoms with E-state index in [0.717, 1.165) is 5.56 Å². The zero-order valence-electron chi connectivity index (χ0n) is 11.3. The molecule has 0 unspecified atom stereocenters. The Hall–Kier alpha value is -1.94. The molecule has 4 heteroatoms. The summed E-state index contributed by atoms with van der Waals surface area (Å²) >= 11 is 1.41. The normalized spacial score (nSPS) is 11.8. The maximum atomic E-state index is 11.8. The van der Waals surface area contributed by atoms with Crippen molar-refractivity contribution >= 4 is 23.0 Å². The van der Waals surface area contributed by atoms with Crippen LogP contribution in [0.3, 0.4) is 0 Å². The monoisotopic (exact) mass is 287 g/mol. The van der Waals surface area contributed by atoms with E-state index < -0.39 is 0 Å². The van der Waals surface area contributed by atoms with Gasteiger partial charge in [0.1, 0.15) is 0 Å². The van der Waals surface area contributed by atoms with Crippen molar-refractivity contribution in [2.45, 2.75) is 25.8 Å². The number of nitrogens with one attached hydrogen (secondary N) is 1. The molecule has 1 aromatic carbocycles. The van der Waals surface area contributed by atoms with E-state index in [2.05, 4.69) is 5.32 Å². The molecule has 0 bridgehead atoms. The summed E-state index contributed by atoms with van der Waals surface area (Å²) in [7, 11) is 0. The van der Waals surface area contributed by atoms with Crippen molar-refractivity contribution in [3.8, 4) is 0 Å². The Morgan fingerprint density at radius 2 is 1.85 bits per heavy atom. The fraction of sp³-hybridized carbons (Fsp3) is 0.250. The molecule has 1 atom stereocenters. The Bertz CT molecular complexity index is 563. The first kappa shape index (κ1) is 14.5. The Morgan fingerprint density at radius 1 is 1.10 bits per heavy atom. The van der Waals surface area contributed by atoms with Crippen molar-refractivity contribution in [3.63, 3.8) is 0 Å². The molecule has 2 rings (SSSR count). The standard InChI is InChI=1S/C16H17NO2S/c1-12(13-6-3-2-4-7-13)17-16(19)10-9-14(18)15-8-5-11-20-15/h2-8,11-12H,9-10H2,1H3,(H,17,19)/t12-/m0/s1. The average molecular weight is 287 g/mol. The quantitative estimate of drug-likeness (QED) is 0.825. The molecule has 0 saturated carbocycles. The molecule has 3 nitrogen and oxygen atoms in total. The van der Waals surface area contributed by atoms with Gasteiger partial charge in [-0.3, -0.25) is 9.59 Å². The third-order valence-electron chi connectivity index (χ3n) is 3.05. The molecule has 1 aromatic heterocycles. The van der Waals surface area contributed by atoms with Gasteiger partial charge < -0.3 is 5.32 Å². The van der Waals surface area contributed by atoms with Crippen LogP contribution in [0.1, 0.15) is 41.0 Å². The maximum Gasteiger partial charge on any atom is 0.220 e. The summed E-state index contributed by atoms with van der Waals surface area (Å²) in [6.07, 6.45) is 0.488. The Morgan fingerprint density at radius 3 is 2.50 bits per heavy atom. The predicted molar refractivity (Wildman–Crippen MR) is 80.9 cm³/mol. The van der Waals surface area contributed by atoms with E-state index in [1.807, 2.05) is 48.7 Å². The summed E-state index contributed by atoms with van der Waals surface area (Å²) in [5.74, 6) is -0.0613. The van der Waals surface area contributed by atoms with Crippen LogP contribution in [0.15, 0.2) is 47.8 Å². The third kappa shape index (κ3) is 4.03. The number of hydrogen-bond acceptors (Lipinski definition) is 3. The molecular formula is C16H17NO2S. The van der Waals surface area contributed by atoms with Crippen molar-refractivity contribution < 1.29 is 9.59 Å². The largest absolute Gasteiger partial charge is 0.350 e. The second kappa shape index (κ2) is 7.01. The number of rotatable bonds is 6. The molecule has 20 heavy (non-hydrogen) atoms. The lowest BCUT2D eigenvalue weighted by atomic mass is 10.1. The molecule has 1 heterocycles. The van der Waals surface area contributed by atoms with Crippen LogP contribution < -0.4 is 5.32 Å². The SMILES string of the molecule is C[C@H](NC(=O)CCC(=O)c1cccs1)c1ccccc1. The first-order chi connectivity index (χ1) is 9.66. The van der Waals surface area contributed by atoms with Crippen LogP contribution in [-0.2, 0) is 4.79 Å². The molecule has 0 radical (unpaired) electrons. The first-order valence-corrected chi connectivity index (χ1v) is 7.46. The fourth-order valence-corrected chi connectivity index (χ4v) is 2.62. The summed E-state index contributed by atoms with van der Waals surface area (Å²) in [5.41, 5.74) is 1.06. The summed E-state index contributed by atoms with van der Waals surface area (Å²) in [6, 6.07) is 13.4. The number of benzene rings is 1. The van der Waals surface area contributed by atoms with E-state index >= 15 is 0 Å². The number of carbonyl (C=O) groups is 2. The number of carbonyl (C=O) groups excluding carboxylic acids is 2. The summed E-state index contributed by atoms with van der Waals surface area (Å²) in [6.45, 7) is 1.94. The number of amides is 1. The molecule has 104 valence electrons. The topological polar surface area (TPSA) is 46.2 Å². The molecule has 1 N–H and O–H groups in total. The van der Waals surface area contributed by atoms with Crippen LogP contribution in [0.25, 0.3) is 0 Å². The van der Waals surface area contributed by atoms with Gasteiger partial charge in [-0.2, -0.15) is 0 Å². The number of ketones is 1. The minimum Gasteiger partial charge on any atom is -0.350 e. The van der Waals surface area contributed by atoms with E-state index in [1.165, 1.54) is 11.3 Å². The lowest BCUT2D eigenvalue weighted by Gasteiger charge is -2.13. The summed E-state index contributed by atoms with van der Waals surface area (Å²) in [5, 5.41) is 4.77. The highest BCUT2D eigenvalue weighted by Gasteiger charge is 2.12. The molecule has 0 saturated heterocycles. The highest BCUT2D eigenvalue weighted by molar-refractivity contribution is 7.12. The smallest absolute Gasteiger partial charge is 0.220 e. The highest BCUT2D eigenvalue weighted by Crippen LogP contribution is 2.14. The van der Waals surface area contributed by atoms with E-state index in [-0.39, 0.29) is 30.6 Å². The second-order valence-corrected chi connectivity index (χ2v) is 5.55. The molecule has 0 aliphatic heterocycles. The Labute approximate surface area is 122 Å². The van der Waals surface area contributed by atoms with Gasteiger partial charge in [0.2, 0.25) is 5.91 Å². The molecular weight excluding hydrogens is 270 g/mol. The zero-order valence-corrected chi connectivity index (χ0v) is 12.2. The summed E-state index contributed by atoms with van der Waals surface area (Å²) in [4.78, 5) is 24.4. The fourth-order valence-electron chi connectivity index (χ4n) is 1.93. The van der Waals surface area contributed by atoms with Gasteiger partial charge in [-0.25, -0.2) is 0 Å². The van der Waals surface area contributed by atoms with Crippen molar-refractivity contribution in [1.82, 2.24) is 5.32 Å². The predicted octanol–water partition coefficient (Wildman–Crippen LogP) is 3.59. The lowest BCUT2D eigenvalue weighted by Crippen LogP contribution is -2.26.